The molecule has 14 heavy (non-hydrogen) atoms. The van der Waals surface area contributed by atoms with Crippen LogP contribution in [0.15, 0.2) is 48.6 Å². The molecule has 0 N–H and O–H groups in total. The number of hydrogen-bond acceptors (Lipinski definition) is 0. The number of hydrogen-bond donors (Lipinski definition) is 0. The maximum Gasteiger partial charge on any atom is -0.0308 e. The maximum atomic E-state index is 3.96. The van der Waals surface area contributed by atoms with Crippen LogP contribution in [0.2, 0.25) is 0 Å². The van der Waals surface area contributed by atoms with Crippen molar-refractivity contribution >= 4 is 0 Å². The van der Waals surface area contributed by atoms with E-state index in [2.05, 4.69) is 39.2 Å². The van der Waals surface area contributed by atoms with E-state index >= 15 is 0 Å². The van der Waals surface area contributed by atoms with Gasteiger partial charge in [0.25, 0.3) is 0 Å². The van der Waals surface area contributed by atoms with Gasteiger partial charge in [-0.2, -0.15) is 0 Å². The second-order valence-corrected chi connectivity index (χ2v) is 3.46. The maximum absolute atomic E-state index is 3.96. The van der Waals surface area contributed by atoms with Crippen LogP contribution in [0.1, 0.15) is 39.5 Å². The van der Waals surface area contributed by atoms with Crippen molar-refractivity contribution in [2.45, 2.75) is 39.5 Å². The molecule has 0 aromatic heterocycles. The third-order valence-electron chi connectivity index (χ3n) is 2.17. The molecule has 0 aliphatic rings. The Hall–Kier alpha value is -1.04. The molecule has 78 valence electrons. The van der Waals surface area contributed by atoms with Crippen molar-refractivity contribution in [1.82, 2.24) is 0 Å². The Labute approximate surface area is 88.7 Å². The fraction of sp³-hybridized carbons (Fsp3) is 0.429. The lowest BCUT2D eigenvalue weighted by Crippen LogP contribution is -1.82. The lowest BCUT2D eigenvalue weighted by Gasteiger charge is -2.02. The Balaban J connectivity index is 3.74. The van der Waals surface area contributed by atoms with E-state index in [4.69, 9.17) is 0 Å². The van der Waals surface area contributed by atoms with Gasteiger partial charge in [-0.05, 0) is 38.2 Å². The van der Waals surface area contributed by atoms with E-state index in [1.807, 2.05) is 12.2 Å². The van der Waals surface area contributed by atoms with Gasteiger partial charge in [0.05, 0.1) is 0 Å². The molecule has 0 atom stereocenters. The van der Waals surface area contributed by atoms with Gasteiger partial charge in [0.1, 0.15) is 0 Å². The Bertz CT molecular complexity index is 228. The molecule has 0 heteroatoms. The summed E-state index contributed by atoms with van der Waals surface area (Å²) in [5.74, 6) is 0. The highest BCUT2D eigenvalue weighted by Crippen LogP contribution is 2.13. The Morgan fingerprint density at radius 2 is 2.00 bits per heavy atom. The van der Waals surface area contributed by atoms with Crippen molar-refractivity contribution in [3.63, 3.8) is 0 Å². The summed E-state index contributed by atoms with van der Waals surface area (Å²) in [6.45, 7) is 11.8. The molecule has 0 aromatic carbocycles. The summed E-state index contributed by atoms with van der Waals surface area (Å²) in [5.41, 5.74) is 2.60. The fourth-order valence-corrected chi connectivity index (χ4v) is 1.32. The van der Waals surface area contributed by atoms with Gasteiger partial charge in [-0.1, -0.05) is 50.0 Å². The van der Waals surface area contributed by atoms with Gasteiger partial charge in [0, 0.05) is 0 Å². The van der Waals surface area contributed by atoms with Gasteiger partial charge in [0.2, 0.25) is 0 Å². The summed E-state index contributed by atoms with van der Waals surface area (Å²) in [6, 6.07) is 0. The second kappa shape index (κ2) is 8.55. The number of allylic oxidation sites excluding steroid dienone is 6. The van der Waals surface area contributed by atoms with Crippen LogP contribution >= 0.6 is 0 Å². The first kappa shape index (κ1) is 13.0. The van der Waals surface area contributed by atoms with Crippen molar-refractivity contribution in [1.29, 1.82) is 0 Å². The molecule has 0 aliphatic heterocycles. The molecule has 0 amide bonds. The van der Waals surface area contributed by atoms with Crippen LogP contribution < -0.4 is 0 Å². The molecule has 0 spiro atoms. The summed E-state index contributed by atoms with van der Waals surface area (Å²) in [6.07, 6.45) is 12.9. The molecule has 0 fully saturated rings. The second-order valence-electron chi connectivity index (χ2n) is 3.46. The third-order valence-corrected chi connectivity index (χ3v) is 2.17. The molecule has 0 bridgehead atoms. The first-order valence-electron chi connectivity index (χ1n) is 5.34. The minimum Gasteiger partial charge on any atom is -0.0991 e. The van der Waals surface area contributed by atoms with E-state index in [1.165, 1.54) is 17.6 Å². The van der Waals surface area contributed by atoms with E-state index < -0.39 is 0 Å². The summed E-state index contributed by atoms with van der Waals surface area (Å²) < 4.78 is 0. The summed E-state index contributed by atoms with van der Waals surface area (Å²) in [4.78, 5) is 0. The van der Waals surface area contributed by atoms with Crippen LogP contribution in [0.5, 0.6) is 0 Å². The fourth-order valence-electron chi connectivity index (χ4n) is 1.32. The molecule has 0 nitrogen and oxygen atoms in total. The summed E-state index contributed by atoms with van der Waals surface area (Å²) >= 11 is 0. The van der Waals surface area contributed by atoms with Crippen molar-refractivity contribution < 1.29 is 0 Å². The van der Waals surface area contributed by atoms with E-state index in [9.17, 15) is 0 Å². The highest BCUT2D eigenvalue weighted by molar-refractivity contribution is 5.25. The predicted octanol–water partition coefficient (Wildman–Crippen LogP) is 4.81. The molecule has 0 saturated heterocycles. The summed E-state index contributed by atoms with van der Waals surface area (Å²) in [7, 11) is 0. The molecule has 0 aromatic rings. The Morgan fingerprint density at radius 3 is 2.50 bits per heavy atom. The third kappa shape index (κ3) is 6.47. The van der Waals surface area contributed by atoms with E-state index in [-0.39, 0.29) is 0 Å². The van der Waals surface area contributed by atoms with Crippen LogP contribution in [-0.4, -0.2) is 0 Å². The minimum atomic E-state index is 1.10. The average Bonchev–Trinajstić information content (AvgIpc) is 2.16. The van der Waals surface area contributed by atoms with Gasteiger partial charge in [0.15, 0.2) is 0 Å². The highest BCUT2D eigenvalue weighted by Gasteiger charge is 1.92. The van der Waals surface area contributed by atoms with E-state index in [0.717, 1.165) is 19.3 Å². The zero-order chi connectivity index (χ0) is 10.8. The van der Waals surface area contributed by atoms with Crippen LogP contribution in [0.25, 0.3) is 0 Å². The Kier molecular flexibility index (Phi) is 7.92. The topological polar surface area (TPSA) is 0 Å². The van der Waals surface area contributed by atoms with Crippen LogP contribution in [0.3, 0.4) is 0 Å². The van der Waals surface area contributed by atoms with Gasteiger partial charge >= 0.3 is 0 Å². The van der Waals surface area contributed by atoms with E-state index in [1.54, 1.807) is 0 Å². The number of rotatable bonds is 7. The lowest BCUT2D eigenvalue weighted by atomic mass is 10.0. The van der Waals surface area contributed by atoms with Crippen molar-refractivity contribution in [3.8, 4) is 0 Å². The standard InChI is InChI=1S/C14H22/c1-5-7-8-9-10-11-12-14(6-2)13(3)4/h5,7-8,12H,1,3,6,9-11H2,2,4H3. The van der Waals surface area contributed by atoms with Gasteiger partial charge < -0.3 is 0 Å². The summed E-state index contributed by atoms with van der Waals surface area (Å²) in [5, 5.41) is 0. The molecular formula is C14H22. The molecule has 0 unspecified atom stereocenters. The lowest BCUT2D eigenvalue weighted by molar-refractivity contribution is 0.858. The van der Waals surface area contributed by atoms with Gasteiger partial charge in [-0.15, -0.1) is 0 Å². The smallest absolute Gasteiger partial charge is 0.0308 e. The minimum absolute atomic E-state index is 1.10. The molecule has 0 heterocycles. The monoisotopic (exact) mass is 190 g/mol. The van der Waals surface area contributed by atoms with Gasteiger partial charge in [-0.3, -0.25) is 0 Å². The van der Waals surface area contributed by atoms with Crippen molar-refractivity contribution in [3.05, 3.63) is 48.6 Å². The normalized spacial score (nSPS) is 12.0. The predicted molar refractivity (Wildman–Crippen MR) is 66.4 cm³/mol. The van der Waals surface area contributed by atoms with Crippen LogP contribution in [0, 0.1) is 0 Å². The van der Waals surface area contributed by atoms with E-state index in [0.29, 0.717) is 0 Å². The number of unbranched alkanes of at least 4 members (excludes halogenated alkanes) is 2. The van der Waals surface area contributed by atoms with Crippen molar-refractivity contribution in [2.75, 3.05) is 0 Å². The van der Waals surface area contributed by atoms with Crippen LogP contribution in [-0.2, 0) is 0 Å². The first-order valence-corrected chi connectivity index (χ1v) is 5.34. The highest BCUT2D eigenvalue weighted by atomic mass is 14.0. The van der Waals surface area contributed by atoms with Gasteiger partial charge in [-0.25, -0.2) is 0 Å². The zero-order valence-electron chi connectivity index (χ0n) is 9.55. The molecule has 0 aliphatic carbocycles. The molecule has 0 rings (SSSR count). The van der Waals surface area contributed by atoms with Crippen LogP contribution in [0.4, 0.5) is 0 Å². The molecular weight excluding hydrogens is 168 g/mol. The first-order chi connectivity index (χ1) is 6.72. The molecule has 0 saturated carbocycles. The van der Waals surface area contributed by atoms with Crippen molar-refractivity contribution in [2.24, 2.45) is 0 Å². The SMILES string of the molecule is C=CC=CCCCC=C(CC)C(=C)C. The average molecular weight is 190 g/mol. The Morgan fingerprint density at radius 1 is 1.29 bits per heavy atom. The largest absolute Gasteiger partial charge is 0.0991 e. The zero-order valence-corrected chi connectivity index (χ0v) is 9.55. The molecule has 0 radical (unpaired) electrons. The quantitative estimate of drug-likeness (QED) is 0.399.